The van der Waals surface area contributed by atoms with Gasteiger partial charge in [-0.05, 0) is 12.1 Å². The standard InChI is InChI=1S/C14H13N5O3S/c20-11(16-14-15-3-5-23-14)8-19-6-9(7-19)13-17-12(18-22-13)10-2-1-4-21-10/h1-5,9H,6-8H2,(H,15,16,20). The number of nitrogens with zero attached hydrogens (tertiary/aromatic N) is 4. The van der Waals surface area contributed by atoms with Crippen molar-refractivity contribution in [2.45, 2.75) is 5.92 Å². The molecule has 3 aromatic rings. The lowest BCUT2D eigenvalue weighted by Gasteiger charge is -2.36. The van der Waals surface area contributed by atoms with Crippen molar-refractivity contribution in [1.29, 1.82) is 0 Å². The predicted octanol–water partition coefficient (Wildman–Crippen LogP) is 1.82. The quantitative estimate of drug-likeness (QED) is 0.761. The molecule has 0 aromatic carbocycles. The number of amides is 1. The first kappa shape index (κ1) is 14.1. The van der Waals surface area contributed by atoms with Gasteiger partial charge in [0.1, 0.15) is 0 Å². The van der Waals surface area contributed by atoms with Crippen LogP contribution in [0.5, 0.6) is 0 Å². The number of likely N-dealkylation sites (tertiary alicyclic amines) is 1. The molecule has 118 valence electrons. The van der Waals surface area contributed by atoms with Crippen molar-refractivity contribution in [2.75, 3.05) is 25.0 Å². The van der Waals surface area contributed by atoms with Crippen LogP contribution in [0.4, 0.5) is 5.13 Å². The number of thiazole rings is 1. The summed E-state index contributed by atoms with van der Waals surface area (Å²) in [6, 6.07) is 3.56. The van der Waals surface area contributed by atoms with Gasteiger partial charge in [0.25, 0.3) is 0 Å². The SMILES string of the molecule is O=C(CN1CC(c2nc(-c3ccco3)no2)C1)Nc1nccs1. The van der Waals surface area contributed by atoms with Crippen molar-refractivity contribution in [3.8, 4) is 11.6 Å². The number of hydrogen-bond donors (Lipinski definition) is 1. The molecule has 1 saturated heterocycles. The first-order chi connectivity index (χ1) is 11.3. The lowest BCUT2D eigenvalue weighted by atomic mass is 10.0. The number of aromatic nitrogens is 3. The summed E-state index contributed by atoms with van der Waals surface area (Å²) in [4.78, 5) is 22.2. The Kier molecular flexibility index (Phi) is 3.64. The molecule has 3 aromatic heterocycles. The van der Waals surface area contributed by atoms with Crippen LogP contribution >= 0.6 is 11.3 Å². The molecule has 8 nitrogen and oxygen atoms in total. The maximum absolute atomic E-state index is 11.9. The third-order valence-electron chi connectivity index (χ3n) is 3.54. The fourth-order valence-electron chi connectivity index (χ4n) is 2.41. The van der Waals surface area contributed by atoms with E-state index in [1.165, 1.54) is 11.3 Å². The lowest BCUT2D eigenvalue weighted by Crippen LogP contribution is -2.48. The molecule has 1 amide bonds. The van der Waals surface area contributed by atoms with E-state index in [0.717, 1.165) is 0 Å². The minimum atomic E-state index is -0.0693. The van der Waals surface area contributed by atoms with Crippen molar-refractivity contribution in [3.63, 3.8) is 0 Å². The molecule has 0 aliphatic carbocycles. The van der Waals surface area contributed by atoms with Crippen LogP contribution in [0.1, 0.15) is 11.8 Å². The molecule has 1 N–H and O–H groups in total. The molecule has 1 aliphatic rings. The summed E-state index contributed by atoms with van der Waals surface area (Å²) in [5.41, 5.74) is 0. The van der Waals surface area contributed by atoms with Crippen LogP contribution in [-0.2, 0) is 4.79 Å². The first-order valence-corrected chi connectivity index (χ1v) is 7.95. The van der Waals surface area contributed by atoms with Crippen molar-refractivity contribution in [2.24, 2.45) is 0 Å². The van der Waals surface area contributed by atoms with Gasteiger partial charge in [0.05, 0.1) is 18.7 Å². The maximum Gasteiger partial charge on any atom is 0.240 e. The Morgan fingerprint density at radius 2 is 2.39 bits per heavy atom. The van der Waals surface area contributed by atoms with Gasteiger partial charge in [-0.2, -0.15) is 4.98 Å². The van der Waals surface area contributed by atoms with Crippen LogP contribution in [0, 0.1) is 0 Å². The van der Waals surface area contributed by atoms with E-state index in [1.807, 2.05) is 10.3 Å². The molecule has 1 fully saturated rings. The topological polar surface area (TPSA) is 97.3 Å². The Morgan fingerprint density at radius 1 is 1.48 bits per heavy atom. The Morgan fingerprint density at radius 3 is 3.13 bits per heavy atom. The number of carbonyl (C=O) groups is 1. The van der Waals surface area contributed by atoms with E-state index in [9.17, 15) is 4.79 Å². The molecule has 4 heterocycles. The van der Waals surface area contributed by atoms with Gasteiger partial charge in [0.15, 0.2) is 10.9 Å². The molecular formula is C14H13N5O3S. The highest BCUT2D eigenvalue weighted by atomic mass is 32.1. The lowest BCUT2D eigenvalue weighted by molar-refractivity contribution is -0.118. The van der Waals surface area contributed by atoms with E-state index in [2.05, 4.69) is 20.4 Å². The van der Waals surface area contributed by atoms with Crippen LogP contribution < -0.4 is 5.32 Å². The number of rotatable bonds is 5. The normalized spacial score (nSPS) is 15.5. The zero-order valence-corrected chi connectivity index (χ0v) is 12.8. The highest BCUT2D eigenvalue weighted by Crippen LogP contribution is 2.27. The van der Waals surface area contributed by atoms with E-state index >= 15 is 0 Å². The first-order valence-electron chi connectivity index (χ1n) is 7.07. The smallest absolute Gasteiger partial charge is 0.240 e. The number of nitrogens with one attached hydrogen (secondary N) is 1. The molecule has 0 atom stereocenters. The van der Waals surface area contributed by atoms with Crippen molar-refractivity contribution in [1.82, 2.24) is 20.0 Å². The zero-order chi connectivity index (χ0) is 15.6. The number of hydrogen-bond acceptors (Lipinski definition) is 8. The molecule has 23 heavy (non-hydrogen) atoms. The summed E-state index contributed by atoms with van der Waals surface area (Å²) < 4.78 is 10.5. The van der Waals surface area contributed by atoms with Gasteiger partial charge in [-0.1, -0.05) is 5.16 Å². The van der Waals surface area contributed by atoms with Gasteiger partial charge in [-0.3, -0.25) is 9.69 Å². The average molecular weight is 331 g/mol. The highest BCUT2D eigenvalue weighted by Gasteiger charge is 2.33. The van der Waals surface area contributed by atoms with Crippen LogP contribution in [0.15, 0.2) is 38.9 Å². The molecule has 1 aliphatic heterocycles. The maximum atomic E-state index is 11.9. The third kappa shape index (κ3) is 3.01. The molecule has 9 heteroatoms. The molecule has 4 rings (SSSR count). The van der Waals surface area contributed by atoms with Gasteiger partial charge >= 0.3 is 0 Å². The van der Waals surface area contributed by atoms with E-state index in [4.69, 9.17) is 8.94 Å². The highest BCUT2D eigenvalue weighted by molar-refractivity contribution is 7.13. The molecule has 0 bridgehead atoms. The average Bonchev–Trinajstić information content (AvgIpc) is 3.22. The predicted molar refractivity (Wildman–Crippen MR) is 81.9 cm³/mol. The molecule has 0 spiro atoms. The minimum absolute atomic E-state index is 0.0693. The van der Waals surface area contributed by atoms with E-state index in [-0.39, 0.29) is 11.8 Å². The van der Waals surface area contributed by atoms with Crippen LogP contribution in [0.3, 0.4) is 0 Å². The Hall–Kier alpha value is -2.52. The molecule has 0 radical (unpaired) electrons. The van der Waals surface area contributed by atoms with Crippen LogP contribution in [0.2, 0.25) is 0 Å². The number of carbonyl (C=O) groups excluding carboxylic acids is 1. The molecular weight excluding hydrogens is 318 g/mol. The second kappa shape index (κ2) is 5.94. The Labute approximate surface area is 135 Å². The molecule has 0 unspecified atom stereocenters. The van der Waals surface area contributed by atoms with E-state index in [1.54, 1.807) is 24.6 Å². The Bertz CT molecular complexity index is 777. The molecule has 0 saturated carbocycles. The second-order valence-electron chi connectivity index (χ2n) is 5.21. The number of furan rings is 1. The fraction of sp³-hybridized carbons (Fsp3) is 0.286. The van der Waals surface area contributed by atoms with Gasteiger partial charge < -0.3 is 14.3 Å². The van der Waals surface area contributed by atoms with Crippen molar-refractivity contribution in [3.05, 3.63) is 35.9 Å². The van der Waals surface area contributed by atoms with Gasteiger partial charge in [0.2, 0.25) is 17.6 Å². The monoisotopic (exact) mass is 331 g/mol. The summed E-state index contributed by atoms with van der Waals surface area (Å²) in [6.07, 6.45) is 3.23. The van der Waals surface area contributed by atoms with Crippen molar-refractivity contribution >= 4 is 22.4 Å². The summed E-state index contributed by atoms with van der Waals surface area (Å²) in [5.74, 6) is 1.69. The largest absolute Gasteiger partial charge is 0.461 e. The summed E-state index contributed by atoms with van der Waals surface area (Å²) >= 11 is 1.40. The van der Waals surface area contributed by atoms with Crippen LogP contribution in [-0.4, -0.2) is 45.6 Å². The summed E-state index contributed by atoms with van der Waals surface area (Å²) in [6.45, 7) is 1.76. The van der Waals surface area contributed by atoms with Crippen molar-refractivity contribution < 1.29 is 13.7 Å². The zero-order valence-electron chi connectivity index (χ0n) is 12.0. The van der Waals surface area contributed by atoms with Crippen LogP contribution in [0.25, 0.3) is 11.6 Å². The van der Waals surface area contributed by atoms with Gasteiger partial charge in [-0.15, -0.1) is 11.3 Å². The van der Waals surface area contributed by atoms with E-state index < -0.39 is 0 Å². The Balaban J connectivity index is 1.29. The summed E-state index contributed by atoms with van der Waals surface area (Å²) in [7, 11) is 0. The summed E-state index contributed by atoms with van der Waals surface area (Å²) in [5, 5.41) is 9.11. The van der Waals surface area contributed by atoms with Gasteiger partial charge in [0, 0.05) is 24.7 Å². The minimum Gasteiger partial charge on any atom is -0.461 e. The fourth-order valence-corrected chi connectivity index (χ4v) is 2.95. The number of anilines is 1. The van der Waals surface area contributed by atoms with E-state index in [0.29, 0.717) is 42.2 Å². The second-order valence-corrected chi connectivity index (χ2v) is 6.10. The van der Waals surface area contributed by atoms with Gasteiger partial charge in [-0.25, -0.2) is 4.98 Å². The third-order valence-corrected chi connectivity index (χ3v) is 4.22.